The smallest absolute Gasteiger partial charge is 0.161 e. The van der Waals surface area contributed by atoms with Crippen LogP contribution < -0.4 is 4.90 Å². The molecule has 1 atom stereocenters. The standard InChI is InChI=1S/C18H21N5O/c1-13-20-16-15(10-19-22-16)17(21-13)23-9-5-8-18(11-23,12-24)14-6-3-2-4-7-14/h2-4,6-7,10,24H,5,8-9,11-12H2,1H3,(H,19,20,21,22). The summed E-state index contributed by atoms with van der Waals surface area (Å²) in [6.45, 7) is 3.69. The number of aromatic amines is 1. The number of aliphatic hydroxyl groups excluding tert-OH is 1. The third-order valence-corrected chi connectivity index (χ3v) is 4.97. The van der Waals surface area contributed by atoms with Gasteiger partial charge in [-0.1, -0.05) is 30.3 Å². The van der Waals surface area contributed by atoms with Crippen LogP contribution in [-0.4, -0.2) is 45.0 Å². The lowest BCUT2D eigenvalue weighted by atomic mass is 9.74. The lowest BCUT2D eigenvalue weighted by molar-refractivity contribution is 0.172. The third-order valence-electron chi connectivity index (χ3n) is 4.97. The van der Waals surface area contributed by atoms with Crippen molar-refractivity contribution in [2.45, 2.75) is 25.2 Å². The van der Waals surface area contributed by atoms with Crippen molar-refractivity contribution >= 4 is 16.9 Å². The van der Waals surface area contributed by atoms with Gasteiger partial charge < -0.3 is 10.0 Å². The van der Waals surface area contributed by atoms with Gasteiger partial charge in [0.25, 0.3) is 0 Å². The summed E-state index contributed by atoms with van der Waals surface area (Å²) in [4.78, 5) is 11.3. The first-order valence-corrected chi connectivity index (χ1v) is 8.31. The minimum absolute atomic E-state index is 0.131. The van der Waals surface area contributed by atoms with Crippen LogP contribution in [0.1, 0.15) is 24.2 Å². The van der Waals surface area contributed by atoms with E-state index < -0.39 is 0 Å². The number of hydrogen-bond acceptors (Lipinski definition) is 5. The molecule has 4 rings (SSSR count). The molecule has 1 fully saturated rings. The van der Waals surface area contributed by atoms with Crippen molar-refractivity contribution in [2.24, 2.45) is 0 Å². The highest BCUT2D eigenvalue weighted by Gasteiger charge is 2.37. The summed E-state index contributed by atoms with van der Waals surface area (Å²) in [6.07, 6.45) is 3.77. The highest BCUT2D eigenvalue weighted by molar-refractivity contribution is 5.86. The van der Waals surface area contributed by atoms with Gasteiger partial charge in [0.1, 0.15) is 11.6 Å². The first kappa shape index (κ1) is 15.1. The van der Waals surface area contributed by atoms with E-state index in [0.29, 0.717) is 0 Å². The van der Waals surface area contributed by atoms with Crippen LogP contribution in [0.3, 0.4) is 0 Å². The molecule has 3 heterocycles. The molecule has 0 bridgehead atoms. The summed E-state index contributed by atoms with van der Waals surface area (Å²) in [5.74, 6) is 1.63. The minimum atomic E-state index is -0.256. The van der Waals surface area contributed by atoms with Crippen LogP contribution in [0.2, 0.25) is 0 Å². The molecule has 0 radical (unpaired) electrons. The molecule has 0 amide bonds. The average molecular weight is 323 g/mol. The number of nitrogens with one attached hydrogen (secondary N) is 1. The first-order chi connectivity index (χ1) is 11.7. The fourth-order valence-electron chi connectivity index (χ4n) is 3.73. The Morgan fingerprint density at radius 3 is 2.88 bits per heavy atom. The molecule has 124 valence electrons. The second-order valence-corrected chi connectivity index (χ2v) is 6.56. The lowest BCUT2D eigenvalue weighted by Gasteiger charge is -2.43. The van der Waals surface area contributed by atoms with Gasteiger partial charge in [-0.15, -0.1) is 0 Å². The lowest BCUT2D eigenvalue weighted by Crippen LogP contribution is -2.48. The fraction of sp³-hybridized carbons (Fsp3) is 0.389. The number of benzene rings is 1. The molecule has 2 aromatic heterocycles. The maximum Gasteiger partial charge on any atom is 0.161 e. The Morgan fingerprint density at radius 2 is 2.08 bits per heavy atom. The normalized spacial score (nSPS) is 21.3. The summed E-state index contributed by atoms with van der Waals surface area (Å²) in [6, 6.07) is 10.3. The molecule has 6 nitrogen and oxygen atoms in total. The van der Waals surface area contributed by atoms with E-state index in [1.165, 1.54) is 5.56 Å². The second kappa shape index (κ2) is 5.87. The zero-order chi connectivity index (χ0) is 16.6. The van der Waals surface area contributed by atoms with Gasteiger partial charge in [-0.05, 0) is 25.3 Å². The Hall–Kier alpha value is -2.47. The van der Waals surface area contributed by atoms with E-state index in [4.69, 9.17) is 0 Å². The highest BCUT2D eigenvalue weighted by Crippen LogP contribution is 2.36. The number of aromatic nitrogens is 4. The number of H-pyrrole nitrogens is 1. The molecule has 1 unspecified atom stereocenters. The van der Waals surface area contributed by atoms with E-state index in [1.807, 2.05) is 25.1 Å². The SMILES string of the molecule is Cc1nc(N2CCCC(CO)(c3ccccc3)C2)c2cn[nH]c2n1. The Bertz CT molecular complexity index is 847. The largest absolute Gasteiger partial charge is 0.395 e. The highest BCUT2D eigenvalue weighted by atomic mass is 16.3. The number of aryl methyl sites for hydroxylation is 1. The maximum atomic E-state index is 10.2. The predicted octanol–water partition coefficient (Wildman–Crippen LogP) is 2.19. The molecule has 2 N–H and O–H groups in total. The van der Waals surface area contributed by atoms with Gasteiger partial charge in [0.15, 0.2) is 5.65 Å². The molecule has 1 aliphatic heterocycles. The van der Waals surface area contributed by atoms with Crippen molar-refractivity contribution in [2.75, 3.05) is 24.6 Å². The molecule has 3 aromatic rings. The Labute approximate surface area is 140 Å². The first-order valence-electron chi connectivity index (χ1n) is 8.31. The van der Waals surface area contributed by atoms with E-state index >= 15 is 0 Å². The zero-order valence-electron chi connectivity index (χ0n) is 13.7. The van der Waals surface area contributed by atoms with Crippen molar-refractivity contribution in [1.29, 1.82) is 0 Å². The Balaban J connectivity index is 1.75. The van der Waals surface area contributed by atoms with Crippen LogP contribution in [0, 0.1) is 6.92 Å². The van der Waals surface area contributed by atoms with Gasteiger partial charge in [-0.25, -0.2) is 9.97 Å². The van der Waals surface area contributed by atoms with Crippen molar-refractivity contribution in [3.8, 4) is 0 Å². The van der Waals surface area contributed by atoms with Crippen LogP contribution in [0.15, 0.2) is 36.5 Å². The van der Waals surface area contributed by atoms with E-state index in [2.05, 4.69) is 37.2 Å². The zero-order valence-corrected chi connectivity index (χ0v) is 13.7. The summed E-state index contributed by atoms with van der Waals surface area (Å²) >= 11 is 0. The molecule has 0 aliphatic carbocycles. The monoisotopic (exact) mass is 323 g/mol. The summed E-state index contributed by atoms with van der Waals surface area (Å²) in [5.41, 5.74) is 1.69. The molecule has 24 heavy (non-hydrogen) atoms. The number of nitrogens with zero attached hydrogens (tertiary/aromatic N) is 4. The second-order valence-electron chi connectivity index (χ2n) is 6.56. The van der Waals surface area contributed by atoms with Crippen LogP contribution in [0.5, 0.6) is 0 Å². The maximum absolute atomic E-state index is 10.2. The van der Waals surface area contributed by atoms with Crippen molar-refractivity contribution in [1.82, 2.24) is 20.2 Å². The quantitative estimate of drug-likeness (QED) is 0.772. The Kier molecular flexibility index (Phi) is 3.69. The van der Waals surface area contributed by atoms with Crippen LogP contribution >= 0.6 is 0 Å². The number of rotatable bonds is 3. The van der Waals surface area contributed by atoms with Crippen molar-refractivity contribution in [3.63, 3.8) is 0 Å². The molecule has 1 aromatic carbocycles. The molecular formula is C18H21N5O. The minimum Gasteiger partial charge on any atom is -0.395 e. The predicted molar refractivity (Wildman–Crippen MR) is 93.1 cm³/mol. The molecule has 6 heteroatoms. The topological polar surface area (TPSA) is 77.9 Å². The van der Waals surface area contributed by atoms with Gasteiger partial charge >= 0.3 is 0 Å². The number of fused-ring (bicyclic) bond motifs is 1. The van der Waals surface area contributed by atoms with Crippen LogP contribution in [0.25, 0.3) is 11.0 Å². The molecule has 1 aliphatic rings. The van der Waals surface area contributed by atoms with Gasteiger partial charge in [-0.2, -0.15) is 5.10 Å². The van der Waals surface area contributed by atoms with Gasteiger partial charge in [-0.3, -0.25) is 5.10 Å². The van der Waals surface area contributed by atoms with Crippen LogP contribution in [0.4, 0.5) is 5.82 Å². The van der Waals surface area contributed by atoms with E-state index in [-0.39, 0.29) is 12.0 Å². The van der Waals surface area contributed by atoms with Gasteiger partial charge in [0.05, 0.1) is 18.2 Å². The summed E-state index contributed by atoms with van der Waals surface area (Å²) in [5, 5.41) is 18.2. The molecule has 1 saturated heterocycles. The van der Waals surface area contributed by atoms with Crippen molar-refractivity contribution < 1.29 is 5.11 Å². The molecule has 0 spiro atoms. The van der Waals surface area contributed by atoms with Gasteiger partial charge in [0, 0.05) is 18.5 Å². The van der Waals surface area contributed by atoms with Crippen LogP contribution in [-0.2, 0) is 5.41 Å². The third kappa shape index (κ3) is 2.43. The van der Waals surface area contributed by atoms with Gasteiger partial charge in [0.2, 0.25) is 0 Å². The van der Waals surface area contributed by atoms with E-state index in [9.17, 15) is 5.11 Å². The van der Waals surface area contributed by atoms with E-state index in [0.717, 1.165) is 48.6 Å². The number of piperidine rings is 1. The average Bonchev–Trinajstić information content (AvgIpc) is 3.10. The summed E-state index contributed by atoms with van der Waals surface area (Å²) < 4.78 is 0. The van der Waals surface area contributed by atoms with E-state index in [1.54, 1.807) is 6.20 Å². The fourth-order valence-corrected chi connectivity index (χ4v) is 3.73. The summed E-state index contributed by atoms with van der Waals surface area (Å²) in [7, 11) is 0. The molecular weight excluding hydrogens is 302 g/mol. The number of anilines is 1. The number of aliphatic hydroxyl groups is 1. The number of hydrogen-bond donors (Lipinski definition) is 2. The molecule has 0 saturated carbocycles. The van der Waals surface area contributed by atoms with Crippen molar-refractivity contribution in [3.05, 3.63) is 47.9 Å². The Morgan fingerprint density at radius 1 is 1.25 bits per heavy atom.